The van der Waals surface area contributed by atoms with Gasteiger partial charge in [-0.25, -0.2) is 9.78 Å². The molecule has 1 saturated heterocycles. The number of ether oxygens (including phenoxy) is 2. The highest BCUT2D eigenvalue weighted by Crippen LogP contribution is 2.27. The molecule has 0 radical (unpaired) electrons. The molecule has 1 aliphatic heterocycles. The van der Waals surface area contributed by atoms with Crippen molar-refractivity contribution in [3.63, 3.8) is 0 Å². The minimum absolute atomic E-state index is 0.0316. The van der Waals surface area contributed by atoms with Gasteiger partial charge in [-0.05, 0) is 57.0 Å². The highest BCUT2D eigenvalue weighted by atomic mass is 16.6. The van der Waals surface area contributed by atoms with Crippen molar-refractivity contribution in [2.75, 3.05) is 25.1 Å². The fourth-order valence-corrected chi connectivity index (χ4v) is 3.91. The average molecular weight is 423 g/mol. The first kappa shape index (κ1) is 21.0. The summed E-state index contributed by atoms with van der Waals surface area (Å²) in [6.07, 6.45) is 0.483. The molecule has 3 aromatic rings. The van der Waals surface area contributed by atoms with Crippen LogP contribution in [0.2, 0.25) is 0 Å². The van der Waals surface area contributed by atoms with E-state index in [2.05, 4.69) is 33.0 Å². The van der Waals surface area contributed by atoms with Crippen molar-refractivity contribution in [3.8, 4) is 5.75 Å². The summed E-state index contributed by atoms with van der Waals surface area (Å²) in [6, 6.07) is 16.3. The Bertz CT molecular complexity index is 1050. The first-order valence-electron chi connectivity index (χ1n) is 10.6. The maximum absolute atomic E-state index is 12.2. The summed E-state index contributed by atoms with van der Waals surface area (Å²) in [5.41, 5.74) is 2.73. The summed E-state index contributed by atoms with van der Waals surface area (Å²) in [6.45, 7) is 7.84. The molecule has 1 aliphatic rings. The summed E-state index contributed by atoms with van der Waals surface area (Å²) < 4.78 is 12.9. The molecule has 0 spiro atoms. The topological polar surface area (TPSA) is 68.6 Å². The van der Waals surface area contributed by atoms with Crippen molar-refractivity contribution >= 4 is 23.1 Å². The maximum atomic E-state index is 12.2. The number of hydrogen-bond donors (Lipinski definition) is 1. The standard InChI is InChI=1S/C24H30N4O3/c1-24(2,3)31-23(29)25-18-13-14-27(16-18)22-26-20-7-5-6-8-21(20)28(22)15-17-9-11-19(30-4)12-10-17/h5-12,18H,13-16H2,1-4H3,(H,25,29). The monoisotopic (exact) mass is 422 g/mol. The van der Waals surface area contributed by atoms with Crippen molar-refractivity contribution in [1.82, 2.24) is 14.9 Å². The van der Waals surface area contributed by atoms with E-state index in [4.69, 9.17) is 14.5 Å². The third-order valence-corrected chi connectivity index (χ3v) is 5.33. The summed E-state index contributed by atoms with van der Waals surface area (Å²) in [7, 11) is 1.67. The van der Waals surface area contributed by atoms with Gasteiger partial charge in [-0.2, -0.15) is 0 Å². The number of benzene rings is 2. The van der Waals surface area contributed by atoms with E-state index in [1.54, 1.807) is 7.11 Å². The Labute approximate surface area is 183 Å². The summed E-state index contributed by atoms with van der Waals surface area (Å²) in [4.78, 5) is 19.3. The molecule has 4 rings (SSSR count). The molecular formula is C24H30N4O3. The van der Waals surface area contributed by atoms with Gasteiger partial charge in [0.05, 0.1) is 30.7 Å². The van der Waals surface area contributed by atoms with E-state index in [0.717, 1.165) is 35.7 Å². The smallest absolute Gasteiger partial charge is 0.407 e. The molecule has 0 bridgehead atoms. The van der Waals surface area contributed by atoms with E-state index in [9.17, 15) is 4.79 Å². The van der Waals surface area contributed by atoms with Crippen LogP contribution in [-0.2, 0) is 11.3 Å². The van der Waals surface area contributed by atoms with Crippen molar-refractivity contribution in [2.45, 2.75) is 45.4 Å². The molecule has 0 saturated carbocycles. The predicted molar refractivity (Wildman–Crippen MR) is 122 cm³/mol. The van der Waals surface area contributed by atoms with Crippen LogP contribution in [0, 0.1) is 0 Å². The zero-order valence-corrected chi connectivity index (χ0v) is 18.6. The van der Waals surface area contributed by atoms with Gasteiger partial charge in [0.1, 0.15) is 11.4 Å². The fourth-order valence-electron chi connectivity index (χ4n) is 3.91. The zero-order chi connectivity index (χ0) is 22.0. The van der Waals surface area contributed by atoms with Crippen LogP contribution in [0.5, 0.6) is 5.75 Å². The number of alkyl carbamates (subject to hydrolysis) is 1. The van der Waals surface area contributed by atoms with Gasteiger partial charge in [-0.1, -0.05) is 24.3 Å². The van der Waals surface area contributed by atoms with Gasteiger partial charge in [0, 0.05) is 13.1 Å². The Hall–Kier alpha value is -3.22. The number of amides is 1. The number of anilines is 1. The molecule has 1 aromatic heterocycles. The Morgan fingerprint density at radius 3 is 2.61 bits per heavy atom. The number of nitrogens with zero attached hydrogens (tertiary/aromatic N) is 3. The zero-order valence-electron chi connectivity index (χ0n) is 18.6. The Kier molecular flexibility index (Phi) is 5.76. The van der Waals surface area contributed by atoms with Crippen LogP contribution in [0.15, 0.2) is 48.5 Å². The van der Waals surface area contributed by atoms with Crippen LogP contribution in [0.3, 0.4) is 0 Å². The lowest BCUT2D eigenvalue weighted by molar-refractivity contribution is 0.0509. The van der Waals surface area contributed by atoms with E-state index < -0.39 is 5.60 Å². The van der Waals surface area contributed by atoms with Crippen molar-refractivity contribution in [2.24, 2.45) is 0 Å². The van der Waals surface area contributed by atoms with E-state index in [1.165, 1.54) is 5.56 Å². The number of nitrogens with one attached hydrogen (secondary N) is 1. The number of imidazole rings is 1. The van der Waals surface area contributed by atoms with Gasteiger partial charge in [-0.15, -0.1) is 0 Å². The van der Waals surface area contributed by atoms with Crippen molar-refractivity contribution in [1.29, 1.82) is 0 Å². The van der Waals surface area contributed by atoms with Crippen molar-refractivity contribution in [3.05, 3.63) is 54.1 Å². The highest BCUT2D eigenvalue weighted by Gasteiger charge is 2.29. The Morgan fingerprint density at radius 1 is 1.16 bits per heavy atom. The molecule has 2 aromatic carbocycles. The number of hydrogen-bond acceptors (Lipinski definition) is 5. The summed E-state index contributed by atoms with van der Waals surface area (Å²) >= 11 is 0. The SMILES string of the molecule is COc1ccc(Cn2c(N3CCC(NC(=O)OC(C)(C)C)C3)nc3ccccc32)cc1. The molecule has 1 unspecified atom stereocenters. The summed E-state index contributed by atoms with van der Waals surface area (Å²) in [5.74, 6) is 1.76. The molecular weight excluding hydrogens is 392 g/mol. The van der Waals surface area contributed by atoms with Gasteiger partial charge in [-0.3, -0.25) is 0 Å². The molecule has 1 N–H and O–H groups in total. The number of fused-ring (bicyclic) bond motifs is 1. The third-order valence-electron chi connectivity index (χ3n) is 5.33. The first-order chi connectivity index (χ1) is 14.8. The number of methoxy groups -OCH3 is 1. The molecule has 0 aliphatic carbocycles. The van der Waals surface area contributed by atoms with E-state index in [1.807, 2.05) is 51.1 Å². The number of aromatic nitrogens is 2. The van der Waals surface area contributed by atoms with Gasteiger partial charge in [0.15, 0.2) is 0 Å². The molecule has 1 fully saturated rings. The normalized spacial score (nSPS) is 16.5. The van der Waals surface area contributed by atoms with Gasteiger partial charge in [0.25, 0.3) is 0 Å². The molecule has 31 heavy (non-hydrogen) atoms. The number of rotatable bonds is 5. The molecule has 1 amide bonds. The number of para-hydroxylation sites is 2. The number of carbonyl (C=O) groups is 1. The highest BCUT2D eigenvalue weighted by molar-refractivity contribution is 5.79. The largest absolute Gasteiger partial charge is 0.497 e. The van der Waals surface area contributed by atoms with Gasteiger partial charge in [0.2, 0.25) is 5.95 Å². The van der Waals surface area contributed by atoms with Crippen LogP contribution >= 0.6 is 0 Å². The van der Waals surface area contributed by atoms with E-state index >= 15 is 0 Å². The van der Waals surface area contributed by atoms with Crippen molar-refractivity contribution < 1.29 is 14.3 Å². The quantitative estimate of drug-likeness (QED) is 0.668. The maximum Gasteiger partial charge on any atom is 0.407 e. The fraction of sp³-hybridized carbons (Fsp3) is 0.417. The molecule has 2 heterocycles. The van der Waals surface area contributed by atoms with Crippen LogP contribution in [0.1, 0.15) is 32.8 Å². The molecule has 164 valence electrons. The second kappa shape index (κ2) is 8.49. The third kappa shape index (κ3) is 4.93. The molecule has 7 nitrogen and oxygen atoms in total. The minimum atomic E-state index is -0.505. The second-order valence-corrected chi connectivity index (χ2v) is 8.91. The Balaban J connectivity index is 1.55. The lowest BCUT2D eigenvalue weighted by Gasteiger charge is -2.22. The molecule has 7 heteroatoms. The average Bonchev–Trinajstić information content (AvgIpc) is 3.32. The van der Waals surface area contributed by atoms with Gasteiger partial charge < -0.3 is 24.3 Å². The van der Waals surface area contributed by atoms with Crippen LogP contribution in [0.4, 0.5) is 10.7 Å². The lowest BCUT2D eigenvalue weighted by Crippen LogP contribution is -2.40. The summed E-state index contributed by atoms with van der Waals surface area (Å²) in [5, 5.41) is 3.00. The molecule has 1 atom stereocenters. The van der Waals surface area contributed by atoms with Gasteiger partial charge >= 0.3 is 6.09 Å². The predicted octanol–water partition coefficient (Wildman–Crippen LogP) is 4.20. The van der Waals surface area contributed by atoms with E-state index in [-0.39, 0.29) is 12.1 Å². The first-order valence-corrected chi connectivity index (χ1v) is 10.6. The Morgan fingerprint density at radius 2 is 1.90 bits per heavy atom. The number of carbonyl (C=O) groups excluding carboxylic acids is 1. The lowest BCUT2D eigenvalue weighted by atomic mass is 10.2. The van der Waals surface area contributed by atoms with Crippen LogP contribution < -0.4 is 15.0 Å². The minimum Gasteiger partial charge on any atom is -0.497 e. The van der Waals surface area contributed by atoms with E-state index in [0.29, 0.717) is 13.1 Å². The van der Waals surface area contributed by atoms with Crippen LogP contribution in [0.25, 0.3) is 11.0 Å². The van der Waals surface area contributed by atoms with Crippen LogP contribution in [-0.4, -0.2) is 47.5 Å². The second-order valence-electron chi connectivity index (χ2n) is 8.91.